The van der Waals surface area contributed by atoms with Crippen LogP contribution >= 0.6 is 0 Å². The molecule has 0 radical (unpaired) electrons. The smallest absolute Gasteiger partial charge is 0.330 e. The normalized spacial score (nSPS) is 25.1. The van der Waals surface area contributed by atoms with Gasteiger partial charge in [-0.05, 0) is 12.8 Å². The van der Waals surface area contributed by atoms with E-state index >= 15 is 0 Å². The Kier molecular flexibility index (Phi) is 4.04. The molecule has 76 valence electrons. The van der Waals surface area contributed by atoms with E-state index < -0.39 is 12.2 Å². The van der Waals surface area contributed by atoms with Gasteiger partial charge in [0.15, 0.2) is 6.23 Å². The highest BCUT2D eigenvalue weighted by Gasteiger charge is 2.25. The third kappa shape index (κ3) is 3.12. The van der Waals surface area contributed by atoms with E-state index in [4.69, 9.17) is 9.47 Å². The van der Waals surface area contributed by atoms with Crippen LogP contribution in [0.15, 0.2) is 17.6 Å². The summed E-state index contributed by atoms with van der Waals surface area (Å²) in [6.45, 7) is 3.44. The number of nitrogens with zero attached hydrogens (tertiary/aromatic N) is 1. The number of carbonyl (C=O) groups excluding carboxylic acids is 2. The van der Waals surface area contributed by atoms with Crippen molar-refractivity contribution in [3.05, 3.63) is 12.7 Å². The maximum absolute atomic E-state index is 10.7. The number of esters is 1. The van der Waals surface area contributed by atoms with Crippen molar-refractivity contribution in [2.45, 2.75) is 25.2 Å². The van der Waals surface area contributed by atoms with Gasteiger partial charge in [0.2, 0.25) is 6.08 Å². The molecule has 2 unspecified atom stereocenters. The average Bonchev–Trinajstić information content (AvgIpc) is 2.63. The van der Waals surface area contributed by atoms with Gasteiger partial charge < -0.3 is 9.47 Å². The predicted molar refractivity (Wildman–Crippen MR) is 47.2 cm³/mol. The number of rotatable bonds is 4. The fourth-order valence-corrected chi connectivity index (χ4v) is 1.20. The Labute approximate surface area is 81.4 Å². The van der Waals surface area contributed by atoms with Crippen LogP contribution in [0.3, 0.4) is 0 Å². The minimum absolute atomic E-state index is 0.176. The quantitative estimate of drug-likeness (QED) is 0.286. The standard InChI is InChI=1S/C9H11NO4/c1-2-9(12)13-5-7-3-4-8(14-7)10-6-11/h2,7-8H,1,3-5H2. The lowest BCUT2D eigenvalue weighted by molar-refractivity contribution is -0.141. The fraction of sp³-hybridized carbons (Fsp3) is 0.556. The van der Waals surface area contributed by atoms with Gasteiger partial charge in [-0.25, -0.2) is 9.59 Å². The Morgan fingerprint density at radius 1 is 1.71 bits per heavy atom. The molecule has 0 aliphatic carbocycles. The fourth-order valence-electron chi connectivity index (χ4n) is 1.20. The summed E-state index contributed by atoms with van der Waals surface area (Å²) < 4.78 is 10.0. The van der Waals surface area contributed by atoms with Gasteiger partial charge in [-0.3, -0.25) is 0 Å². The molecule has 0 aromatic carbocycles. The van der Waals surface area contributed by atoms with Crippen molar-refractivity contribution in [1.29, 1.82) is 0 Å². The topological polar surface area (TPSA) is 65.0 Å². The van der Waals surface area contributed by atoms with Crippen molar-refractivity contribution in [3.63, 3.8) is 0 Å². The van der Waals surface area contributed by atoms with Crippen molar-refractivity contribution in [2.24, 2.45) is 4.99 Å². The van der Waals surface area contributed by atoms with Gasteiger partial charge in [-0.1, -0.05) is 6.58 Å². The minimum Gasteiger partial charge on any atom is -0.460 e. The summed E-state index contributed by atoms with van der Waals surface area (Å²) in [7, 11) is 0. The molecular weight excluding hydrogens is 186 g/mol. The van der Waals surface area contributed by atoms with Crippen molar-refractivity contribution >= 4 is 12.0 Å². The summed E-state index contributed by atoms with van der Waals surface area (Å²) in [6.07, 6.45) is 3.30. The summed E-state index contributed by atoms with van der Waals surface area (Å²) in [5.74, 6) is -0.476. The Hall–Kier alpha value is -1.45. The Morgan fingerprint density at radius 2 is 2.50 bits per heavy atom. The summed E-state index contributed by atoms with van der Waals surface area (Å²) in [5.41, 5.74) is 0. The van der Waals surface area contributed by atoms with E-state index in [1.54, 1.807) is 0 Å². The number of carbonyl (C=O) groups is 1. The van der Waals surface area contributed by atoms with E-state index in [-0.39, 0.29) is 12.7 Å². The minimum atomic E-state index is -0.476. The lowest BCUT2D eigenvalue weighted by Gasteiger charge is -2.09. The van der Waals surface area contributed by atoms with Crippen LogP contribution < -0.4 is 0 Å². The monoisotopic (exact) mass is 197 g/mol. The van der Waals surface area contributed by atoms with Crippen molar-refractivity contribution in [1.82, 2.24) is 0 Å². The second kappa shape index (κ2) is 5.32. The first-order valence-electron chi connectivity index (χ1n) is 4.28. The zero-order valence-electron chi connectivity index (χ0n) is 7.64. The SMILES string of the molecule is C=CC(=O)OCC1CCC(N=C=O)O1. The highest BCUT2D eigenvalue weighted by atomic mass is 16.6. The molecule has 14 heavy (non-hydrogen) atoms. The van der Waals surface area contributed by atoms with Crippen molar-refractivity contribution in [2.75, 3.05) is 6.61 Å². The number of isocyanates is 1. The first-order chi connectivity index (χ1) is 6.76. The molecule has 0 saturated carbocycles. The zero-order valence-corrected chi connectivity index (χ0v) is 7.64. The summed E-state index contributed by atoms with van der Waals surface area (Å²) in [5, 5.41) is 0. The summed E-state index contributed by atoms with van der Waals surface area (Å²) >= 11 is 0. The second-order valence-electron chi connectivity index (χ2n) is 2.84. The molecule has 5 nitrogen and oxygen atoms in total. The van der Waals surface area contributed by atoms with E-state index in [0.717, 1.165) is 12.5 Å². The molecule has 2 atom stereocenters. The van der Waals surface area contributed by atoms with E-state index in [9.17, 15) is 9.59 Å². The second-order valence-corrected chi connectivity index (χ2v) is 2.84. The first-order valence-corrected chi connectivity index (χ1v) is 4.28. The Morgan fingerprint density at radius 3 is 3.14 bits per heavy atom. The molecule has 0 spiro atoms. The Balaban J connectivity index is 2.25. The van der Waals surface area contributed by atoms with Gasteiger partial charge in [-0.2, -0.15) is 4.99 Å². The number of hydrogen-bond donors (Lipinski definition) is 0. The number of ether oxygens (including phenoxy) is 2. The van der Waals surface area contributed by atoms with Gasteiger partial charge in [0.05, 0.1) is 6.10 Å². The lowest BCUT2D eigenvalue weighted by Crippen LogP contribution is -2.18. The molecule has 1 fully saturated rings. The number of aliphatic imine (C=N–C) groups is 1. The van der Waals surface area contributed by atoms with Gasteiger partial charge >= 0.3 is 5.97 Å². The average molecular weight is 197 g/mol. The number of hydrogen-bond acceptors (Lipinski definition) is 5. The molecule has 0 aromatic rings. The third-order valence-electron chi connectivity index (χ3n) is 1.86. The molecule has 1 rings (SSSR count). The lowest BCUT2D eigenvalue weighted by atomic mass is 10.2. The van der Waals surface area contributed by atoms with Crippen LogP contribution in [0.4, 0.5) is 0 Å². The highest BCUT2D eigenvalue weighted by Crippen LogP contribution is 2.20. The van der Waals surface area contributed by atoms with Crippen LogP contribution in [0, 0.1) is 0 Å². The molecule has 0 N–H and O–H groups in total. The van der Waals surface area contributed by atoms with E-state index in [1.165, 1.54) is 6.08 Å². The molecule has 5 heteroatoms. The van der Waals surface area contributed by atoms with Crippen molar-refractivity contribution < 1.29 is 19.1 Å². The van der Waals surface area contributed by atoms with Crippen LogP contribution in [-0.2, 0) is 19.1 Å². The van der Waals surface area contributed by atoms with Gasteiger partial charge in [-0.15, -0.1) is 0 Å². The molecule has 1 aliphatic heterocycles. The van der Waals surface area contributed by atoms with Gasteiger partial charge in [0.1, 0.15) is 6.61 Å². The van der Waals surface area contributed by atoms with Crippen molar-refractivity contribution in [3.8, 4) is 0 Å². The van der Waals surface area contributed by atoms with Gasteiger partial charge in [0.25, 0.3) is 0 Å². The zero-order chi connectivity index (χ0) is 10.4. The maximum Gasteiger partial charge on any atom is 0.330 e. The third-order valence-corrected chi connectivity index (χ3v) is 1.86. The molecule has 1 heterocycles. The van der Waals surface area contributed by atoms with Crippen LogP contribution in [-0.4, -0.2) is 31.0 Å². The molecule has 0 bridgehead atoms. The molecule has 1 aliphatic rings. The molecule has 0 aromatic heterocycles. The summed E-state index contributed by atoms with van der Waals surface area (Å²) in [4.78, 5) is 24.0. The van der Waals surface area contributed by atoms with E-state index in [1.807, 2.05) is 0 Å². The van der Waals surface area contributed by atoms with Crippen LogP contribution in [0.2, 0.25) is 0 Å². The summed E-state index contributed by atoms with van der Waals surface area (Å²) in [6, 6.07) is 0. The maximum atomic E-state index is 10.7. The predicted octanol–water partition coefficient (Wildman–Crippen LogP) is 0.556. The Bertz CT molecular complexity index is 270. The molecule has 0 amide bonds. The van der Waals surface area contributed by atoms with Gasteiger partial charge in [0, 0.05) is 6.08 Å². The first kappa shape index (κ1) is 10.6. The molecule has 1 saturated heterocycles. The van der Waals surface area contributed by atoms with E-state index in [0.29, 0.717) is 6.42 Å². The highest BCUT2D eigenvalue weighted by molar-refractivity contribution is 5.81. The van der Waals surface area contributed by atoms with Crippen LogP contribution in [0.5, 0.6) is 0 Å². The largest absolute Gasteiger partial charge is 0.460 e. The van der Waals surface area contributed by atoms with Crippen LogP contribution in [0.25, 0.3) is 0 Å². The molecular formula is C9H11NO4. The van der Waals surface area contributed by atoms with E-state index in [2.05, 4.69) is 11.6 Å². The van der Waals surface area contributed by atoms with Crippen LogP contribution in [0.1, 0.15) is 12.8 Å².